The molecule has 0 fully saturated rings. The van der Waals surface area contributed by atoms with Crippen LogP contribution in [0.25, 0.3) is 16.8 Å². The van der Waals surface area contributed by atoms with E-state index < -0.39 is 6.04 Å². The van der Waals surface area contributed by atoms with Gasteiger partial charge in [-0.15, -0.1) is 0 Å². The maximum Gasteiger partial charge on any atom is 0.244 e. The fraction of sp³-hybridized carbons (Fsp3) is 0.138. The van der Waals surface area contributed by atoms with Crippen LogP contribution in [0.5, 0.6) is 17.2 Å². The summed E-state index contributed by atoms with van der Waals surface area (Å²) in [4.78, 5) is 13.0. The predicted molar refractivity (Wildman–Crippen MR) is 135 cm³/mol. The van der Waals surface area contributed by atoms with Gasteiger partial charge in [0.25, 0.3) is 0 Å². The number of hydrogen-bond donors (Lipinski definition) is 2. The Morgan fingerprint density at radius 1 is 0.971 bits per heavy atom. The molecule has 0 saturated heterocycles. The lowest BCUT2D eigenvalue weighted by Crippen LogP contribution is -2.28. The fourth-order valence-electron chi connectivity index (χ4n) is 3.98. The van der Waals surface area contributed by atoms with E-state index in [4.69, 9.17) is 9.47 Å². The Labute approximate surface area is 199 Å². The number of carbonyl (C=O) groups is 1. The molecule has 0 bridgehead atoms. The first-order chi connectivity index (χ1) is 16.6. The summed E-state index contributed by atoms with van der Waals surface area (Å²) in [6, 6.07) is 26.0. The second kappa shape index (κ2) is 10.6. The summed E-state index contributed by atoms with van der Waals surface area (Å²) in [6.45, 7) is 2.45. The van der Waals surface area contributed by atoms with E-state index in [1.165, 1.54) is 6.08 Å². The van der Waals surface area contributed by atoms with Crippen LogP contribution >= 0.6 is 0 Å². The molecule has 4 aromatic carbocycles. The van der Waals surface area contributed by atoms with Gasteiger partial charge in [0, 0.05) is 11.6 Å². The van der Waals surface area contributed by atoms with E-state index in [1.54, 1.807) is 19.3 Å². The van der Waals surface area contributed by atoms with Crippen LogP contribution in [0.3, 0.4) is 0 Å². The number of amides is 1. The Hall–Kier alpha value is -4.25. The Balaban J connectivity index is 1.65. The van der Waals surface area contributed by atoms with E-state index in [0.717, 1.165) is 21.9 Å². The minimum Gasteiger partial charge on any atom is -0.508 e. The first-order valence-corrected chi connectivity index (χ1v) is 11.2. The van der Waals surface area contributed by atoms with Crippen molar-refractivity contribution in [2.45, 2.75) is 13.0 Å². The number of benzene rings is 4. The molecule has 0 spiro atoms. The Morgan fingerprint density at radius 2 is 1.74 bits per heavy atom. The molecule has 0 heterocycles. The fourth-order valence-corrected chi connectivity index (χ4v) is 3.98. The van der Waals surface area contributed by atoms with E-state index in [0.29, 0.717) is 23.7 Å². The topological polar surface area (TPSA) is 67.8 Å². The summed E-state index contributed by atoms with van der Waals surface area (Å²) in [5, 5.41) is 15.7. The van der Waals surface area contributed by atoms with Crippen molar-refractivity contribution in [1.29, 1.82) is 0 Å². The number of phenolic OH excluding ortho intramolecular Hbond substituents is 1. The smallest absolute Gasteiger partial charge is 0.244 e. The number of rotatable bonds is 8. The van der Waals surface area contributed by atoms with Crippen molar-refractivity contribution in [1.82, 2.24) is 5.32 Å². The van der Waals surface area contributed by atoms with Crippen LogP contribution in [-0.2, 0) is 4.79 Å². The largest absolute Gasteiger partial charge is 0.508 e. The number of ether oxygens (including phenoxy) is 2. The van der Waals surface area contributed by atoms with Gasteiger partial charge < -0.3 is 19.9 Å². The first-order valence-electron chi connectivity index (χ1n) is 11.2. The van der Waals surface area contributed by atoms with E-state index in [9.17, 15) is 9.90 Å². The maximum absolute atomic E-state index is 13.0. The molecule has 1 unspecified atom stereocenters. The van der Waals surface area contributed by atoms with Crippen molar-refractivity contribution in [3.63, 3.8) is 0 Å². The van der Waals surface area contributed by atoms with Crippen LogP contribution in [-0.4, -0.2) is 24.7 Å². The highest BCUT2D eigenvalue weighted by Crippen LogP contribution is 2.36. The van der Waals surface area contributed by atoms with Gasteiger partial charge in [-0.1, -0.05) is 66.7 Å². The number of methoxy groups -OCH3 is 1. The third-order valence-corrected chi connectivity index (χ3v) is 5.57. The molecule has 0 aliphatic rings. The highest BCUT2D eigenvalue weighted by molar-refractivity contribution is 5.94. The molecule has 1 amide bonds. The van der Waals surface area contributed by atoms with Gasteiger partial charge in [-0.3, -0.25) is 4.79 Å². The molecule has 5 nitrogen and oxygen atoms in total. The summed E-state index contributed by atoms with van der Waals surface area (Å²) in [5.74, 6) is 1.11. The van der Waals surface area contributed by atoms with Gasteiger partial charge in [0.15, 0.2) is 11.5 Å². The molecule has 1 atom stereocenters. The molecule has 0 aliphatic heterocycles. The molecular weight excluding hydrogens is 426 g/mol. The van der Waals surface area contributed by atoms with Crippen molar-refractivity contribution in [2.75, 3.05) is 13.7 Å². The number of aromatic hydroxyl groups is 1. The Bertz CT molecular complexity index is 1310. The van der Waals surface area contributed by atoms with E-state index in [2.05, 4.69) is 5.32 Å². The average molecular weight is 454 g/mol. The minimum absolute atomic E-state index is 0.132. The van der Waals surface area contributed by atoms with Crippen molar-refractivity contribution < 1.29 is 19.4 Å². The Morgan fingerprint density at radius 3 is 2.50 bits per heavy atom. The molecule has 0 aliphatic carbocycles. The summed E-state index contributed by atoms with van der Waals surface area (Å²) < 4.78 is 10.9. The van der Waals surface area contributed by atoms with Crippen LogP contribution in [0.15, 0.2) is 91.0 Å². The summed E-state index contributed by atoms with van der Waals surface area (Å²) in [6.07, 6.45) is 3.20. The zero-order valence-electron chi connectivity index (χ0n) is 19.2. The number of fused-ring (bicyclic) bond motifs is 1. The molecular formula is C29H27NO4. The Kier molecular flexibility index (Phi) is 7.13. The lowest BCUT2D eigenvalue weighted by Gasteiger charge is -2.22. The highest BCUT2D eigenvalue weighted by Gasteiger charge is 2.21. The van der Waals surface area contributed by atoms with Gasteiger partial charge in [0.2, 0.25) is 5.91 Å². The summed E-state index contributed by atoms with van der Waals surface area (Å²) >= 11 is 0. The third kappa shape index (κ3) is 5.04. The number of phenols is 1. The van der Waals surface area contributed by atoms with Crippen LogP contribution in [0.1, 0.15) is 29.7 Å². The molecule has 0 aromatic heterocycles. The molecule has 34 heavy (non-hydrogen) atoms. The van der Waals surface area contributed by atoms with Crippen LogP contribution in [0, 0.1) is 0 Å². The predicted octanol–water partition coefficient (Wildman–Crippen LogP) is 5.87. The van der Waals surface area contributed by atoms with Crippen LogP contribution in [0.2, 0.25) is 0 Å². The standard InChI is InChI=1S/C29H27NO4/c1-3-34-25-17-13-20(19-26(25)33-2)14-18-27(32)30-29(22-10-5-4-6-11-22)28-23-12-8-7-9-21(23)15-16-24(28)31/h4-19,29,31H,3H2,1-2H3,(H,30,32)/b18-14+. The minimum atomic E-state index is -0.528. The molecule has 172 valence electrons. The summed E-state index contributed by atoms with van der Waals surface area (Å²) in [7, 11) is 1.58. The van der Waals surface area contributed by atoms with Gasteiger partial charge in [-0.2, -0.15) is 0 Å². The monoisotopic (exact) mass is 453 g/mol. The normalized spacial score (nSPS) is 11.9. The third-order valence-electron chi connectivity index (χ3n) is 5.57. The number of nitrogens with one attached hydrogen (secondary N) is 1. The molecule has 4 aromatic rings. The SMILES string of the molecule is CCOc1ccc(/C=C/C(=O)NC(c2ccccc2)c2c(O)ccc3ccccc23)cc1OC. The van der Waals surface area contributed by atoms with Crippen molar-refractivity contribution in [3.05, 3.63) is 108 Å². The average Bonchev–Trinajstić information content (AvgIpc) is 2.87. The van der Waals surface area contributed by atoms with Gasteiger partial charge in [0.05, 0.1) is 19.8 Å². The van der Waals surface area contributed by atoms with E-state index >= 15 is 0 Å². The zero-order chi connectivity index (χ0) is 23.9. The molecule has 4 rings (SSSR count). The van der Waals surface area contributed by atoms with Gasteiger partial charge in [-0.05, 0) is 53.1 Å². The lowest BCUT2D eigenvalue weighted by atomic mass is 9.92. The second-order valence-electron chi connectivity index (χ2n) is 7.75. The van der Waals surface area contributed by atoms with Crippen molar-refractivity contribution in [2.24, 2.45) is 0 Å². The quantitative estimate of drug-likeness (QED) is 0.327. The molecule has 0 saturated carbocycles. The second-order valence-corrected chi connectivity index (χ2v) is 7.75. The van der Waals surface area contributed by atoms with Crippen molar-refractivity contribution in [3.8, 4) is 17.2 Å². The van der Waals surface area contributed by atoms with Crippen LogP contribution in [0.4, 0.5) is 0 Å². The summed E-state index contributed by atoms with van der Waals surface area (Å²) in [5.41, 5.74) is 2.34. The van der Waals surface area contributed by atoms with E-state index in [1.807, 2.05) is 85.8 Å². The van der Waals surface area contributed by atoms with E-state index in [-0.39, 0.29) is 11.7 Å². The van der Waals surface area contributed by atoms with Gasteiger partial charge in [0.1, 0.15) is 5.75 Å². The van der Waals surface area contributed by atoms with Gasteiger partial charge >= 0.3 is 0 Å². The van der Waals surface area contributed by atoms with Gasteiger partial charge in [-0.25, -0.2) is 0 Å². The highest BCUT2D eigenvalue weighted by atomic mass is 16.5. The van der Waals surface area contributed by atoms with Crippen molar-refractivity contribution >= 4 is 22.8 Å². The van der Waals surface area contributed by atoms with Crippen LogP contribution < -0.4 is 14.8 Å². The molecule has 5 heteroatoms. The number of hydrogen-bond acceptors (Lipinski definition) is 4. The molecule has 2 N–H and O–H groups in total. The lowest BCUT2D eigenvalue weighted by molar-refractivity contribution is -0.116. The molecule has 0 radical (unpaired) electrons. The zero-order valence-corrected chi connectivity index (χ0v) is 19.2. The number of carbonyl (C=O) groups excluding carboxylic acids is 1. The maximum atomic E-state index is 13.0. The first kappa shape index (κ1) is 22.9.